The molecule has 0 radical (unpaired) electrons. The normalized spacial score (nSPS) is 25.3. The zero-order valence-electron chi connectivity index (χ0n) is 17.2. The lowest BCUT2D eigenvalue weighted by Crippen LogP contribution is -2.55. The van der Waals surface area contributed by atoms with Crippen molar-refractivity contribution in [2.75, 3.05) is 13.7 Å². The number of phenolic OH excluding ortho intramolecular Hbond substituents is 3. The average molecular weight is 462 g/mol. The van der Waals surface area contributed by atoms with Crippen LogP contribution in [-0.2, 0) is 4.74 Å². The van der Waals surface area contributed by atoms with Crippen LogP contribution in [0.2, 0.25) is 0 Å². The molecule has 0 bridgehead atoms. The maximum atomic E-state index is 12.9. The predicted molar refractivity (Wildman–Crippen MR) is 112 cm³/mol. The van der Waals surface area contributed by atoms with Crippen molar-refractivity contribution in [3.05, 3.63) is 46.1 Å². The van der Waals surface area contributed by atoms with Crippen LogP contribution in [0.4, 0.5) is 0 Å². The van der Waals surface area contributed by atoms with E-state index in [0.29, 0.717) is 5.56 Å². The van der Waals surface area contributed by atoms with Crippen molar-refractivity contribution in [3.63, 3.8) is 0 Å². The van der Waals surface area contributed by atoms with Crippen molar-refractivity contribution >= 4 is 11.0 Å². The third kappa shape index (κ3) is 3.75. The van der Waals surface area contributed by atoms with Gasteiger partial charge in [0.1, 0.15) is 53.2 Å². The smallest absolute Gasteiger partial charge is 0.197 e. The number of hydrogen-bond acceptors (Lipinski definition) is 11. The summed E-state index contributed by atoms with van der Waals surface area (Å²) in [7, 11) is 1.34. The molecule has 4 rings (SSSR count). The molecule has 11 heteroatoms. The molecule has 2 heterocycles. The maximum absolute atomic E-state index is 12.9. The first-order chi connectivity index (χ1) is 15.7. The van der Waals surface area contributed by atoms with Crippen molar-refractivity contribution in [1.82, 2.24) is 0 Å². The van der Waals surface area contributed by atoms with Gasteiger partial charge in [-0.1, -0.05) is 0 Å². The van der Waals surface area contributed by atoms with Gasteiger partial charge in [-0.25, -0.2) is 0 Å². The van der Waals surface area contributed by atoms with Gasteiger partial charge in [0.05, 0.1) is 19.3 Å². The van der Waals surface area contributed by atoms with Gasteiger partial charge in [0, 0.05) is 17.7 Å². The minimum atomic E-state index is -1.77. The number of hydrogen-bond donors (Lipinski definition) is 7. The van der Waals surface area contributed by atoms with E-state index < -0.39 is 54.1 Å². The van der Waals surface area contributed by atoms with E-state index in [1.165, 1.54) is 25.3 Å². The molecule has 7 N–H and O–H groups in total. The van der Waals surface area contributed by atoms with Crippen LogP contribution in [0, 0.1) is 0 Å². The first kappa shape index (κ1) is 22.8. The molecule has 11 nitrogen and oxygen atoms in total. The number of aliphatic hydroxyl groups is 4. The SMILES string of the molecule is COc1cc(-c2cc(=O)c3c(O)cc(O)c([C@H]4O[C@H](CO)[C@@H](O)[C@H](O)[C@H]4O)c3o2)ccc1O. The van der Waals surface area contributed by atoms with Crippen molar-refractivity contribution in [3.8, 4) is 34.3 Å². The number of phenols is 3. The fourth-order valence-electron chi connectivity index (χ4n) is 3.91. The topological polar surface area (TPSA) is 190 Å². The number of aliphatic hydroxyl groups excluding tert-OH is 4. The minimum Gasteiger partial charge on any atom is -0.507 e. The zero-order chi connectivity index (χ0) is 24.0. The molecular weight excluding hydrogens is 440 g/mol. The number of methoxy groups -OCH3 is 1. The third-order valence-corrected chi connectivity index (χ3v) is 5.64. The molecule has 3 aromatic rings. The van der Waals surface area contributed by atoms with Crippen LogP contribution in [0.3, 0.4) is 0 Å². The molecule has 0 saturated carbocycles. The Morgan fingerprint density at radius 3 is 2.33 bits per heavy atom. The van der Waals surface area contributed by atoms with E-state index in [1.54, 1.807) is 0 Å². The van der Waals surface area contributed by atoms with Gasteiger partial charge < -0.3 is 49.6 Å². The van der Waals surface area contributed by atoms with Gasteiger partial charge in [-0.2, -0.15) is 0 Å². The molecular formula is C22H22O11. The van der Waals surface area contributed by atoms with Crippen LogP contribution < -0.4 is 10.2 Å². The van der Waals surface area contributed by atoms with Gasteiger partial charge >= 0.3 is 0 Å². The van der Waals surface area contributed by atoms with Crippen LogP contribution >= 0.6 is 0 Å². The van der Waals surface area contributed by atoms with Gasteiger partial charge in [-0.15, -0.1) is 0 Å². The van der Waals surface area contributed by atoms with Crippen LogP contribution in [0.25, 0.3) is 22.3 Å². The molecule has 1 aromatic heterocycles. The average Bonchev–Trinajstić information content (AvgIpc) is 2.78. The summed E-state index contributed by atoms with van der Waals surface area (Å²) in [4.78, 5) is 12.9. The molecule has 33 heavy (non-hydrogen) atoms. The fraction of sp³-hybridized carbons (Fsp3) is 0.318. The number of benzene rings is 2. The van der Waals surface area contributed by atoms with E-state index in [0.717, 1.165) is 12.1 Å². The van der Waals surface area contributed by atoms with Gasteiger partial charge in [-0.05, 0) is 18.2 Å². The zero-order valence-corrected chi connectivity index (χ0v) is 17.2. The molecule has 0 amide bonds. The molecule has 1 saturated heterocycles. The lowest BCUT2D eigenvalue weighted by molar-refractivity contribution is -0.231. The Kier molecular flexibility index (Phi) is 5.91. The quantitative estimate of drug-likeness (QED) is 0.278. The van der Waals surface area contributed by atoms with Gasteiger partial charge in [0.25, 0.3) is 0 Å². The molecule has 5 atom stereocenters. The monoisotopic (exact) mass is 462 g/mol. The van der Waals surface area contributed by atoms with Crippen LogP contribution in [-0.4, -0.2) is 73.9 Å². The summed E-state index contributed by atoms with van der Waals surface area (Å²) < 4.78 is 16.4. The predicted octanol–water partition coefficient (Wildman–Crippen LogP) is 0.100. The van der Waals surface area contributed by atoms with Gasteiger partial charge in [0.15, 0.2) is 22.5 Å². The number of aromatic hydroxyl groups is 3. The highest BCUT2D eigenvalue weighted by molar-refractivity contribution is 5.89. The largest absolute Gasteiger partial charge is 0.507 e. The Hall–Kier alpha value is -3.35. The van der Waals surface area contributed by atoms with E-state index in [2.05, 4.69) is 0 Å². The Bertz CT molecular complexity index is 1250. The summed E-state index contributed by atoms with van der Waals surface area (Å²) in [6.07, 6.45) is -7.98. The lowest BCUT2D eigenvalue weighted by atomic mass is 9.89. The molecule has 1 aliphatic heterocycles. The molecule has 0 unspecified atom stereocenters. The fourth-order valence-corrected chi connectivity index (χ4v) is 3.91. The van der Waals surface area contributed by atoms with Crippen LogP contribution in [0.5, 0.6) is 23.0 Å². The van der Waals surface area contributed by atoms with Gasteiger partial charge in [-0.3, -0.25) is 4.79 Å². The Labute approximate surface area is 185 Å². The third-order valence-electron chi connectivity index (χ3n) is 5.64. The van der Waals surface area contributed by atoms with Crippen molar-refractivity contribution in [1.29, 1.82) is 0 Å². The summed E-state index contributed by atoms with van der Waals surface area (Å²) in [5, 5.41) is 70.6. The first-order valence-electron chi connectivity index (χ1n) is 9.88. The summed E-state index contributed by atoms with van der Waals surface area (Å²) in [6, 6.07) is 6.10. The Balaban J connectivity index is 1.97. The molecule has 0 spiro atoms. The van der Waals surface area contributed by atoms with Gasteiger partial charge in [0.2, 0.25) is 0 Å². The highest BCUT2D eigenvalue weighted by atomic mass is 16.5. The minimum absolute atomic E-state index is 0.0263. The second-order valence-electron chi connectivity index (χ2n) is 7.64. The standard InChI is InChI=1S/C22H22O11/c1-31-14-4-8(2-3-9(14)24)13-6-12(27)16-10(25)5-11(26)17(21(16)32-13)22-20(30)19(29)18(28)15(7-23)33-22/h2-6,15,18-20,22-26,28-30H,7H2,1H3/t15-,18-,19+,20-,22-/m1/s1. The second-order valence-corrected chi connectivity index (χ2v) is 7.64. The molecule has 0 aliphatic carbocycles. The molecule has 176 valence electrons. The number of ether oxygens (including phenoxy) is 2. The Morgan fingerprint density at radius 2 is 1.67 bits per heavy atom. The van der Waals surface area contributed by atoms with Crippen molar-refractivity contribution in [2.45, 2.75) is 30.5 Å². The summed E-state index contributed by atoms with van der Waals surface area (Å²) in [5.74, 6) is -1.29. The first-order valence-corrected chi connectivity index (χ1v) is 9.88. The lowest BCUT2D eigenvalue weighted by Gasteiger charge is -2.40. The summed E-state index contributed by atoms with van der Waals surface area (Å²) in [5.41, 5.74) is -0.997. The number of rotatable bonds is 4. The number of fused-ring (bicyclic) bond motifs is 1. The summed E-state index contributed by atoms with van der Waals surface area (Å²) in [6.45, 7) is -0.708. The van der Waals surface area contributed by atoms with E-state index in [-0.39, 0.29) is 33.8 Å². The summed E-state index contributed by atoms with van der Waals surface area (Å²) >= 11 is 0. The maximum Gasteiger partial charge on any atom is 0.197 e. The Morgan fingerprint density at radius 1 is 0.939 bits per heavy atom. The second kappa shape index (κ2) is 8.54. The van der Waals surface area contributed by atoms with E-state index in [4.69, 9.17) is 13.9 Å². The van der Waals surface area contributed by atoms with E-state index in [9.17, 15) is 40.5 Å². The van der Waals surface area contributed by atoms with E-state index in [1.807, 2.05) is 0 Å². The van der Waals surface area contributed by atoms with Crippen molar-refractivity contribution < 1.29 is 49.6 Å². The highest BCUT2D eigenvalue weighted by Gasteiger charge is 2.46. The highest BCUT2D eigenvalue weighted by Crippen LogP contribution is 2.44. The molecule has 1 fully saturated rings. The molecule has 1 aliphatic rings. The van der Waals surface area contributed by atoms with Crippen molar-refractivity contribution in [2.24, 2.45) is 0 Å². The molecule has 2 aromatic carbocycles. The van der Waals surface area contributed by atoms with E-state index >= 15 is 0 Å². The van der Waals surface area contributed by atoms with Crippen LogP contribution in [0.1, 0.15) is 11.7 Å². The van der Waals surface area contributed by atoms with Crippen LogP contribution in [0.15, 0.2) is 39.5 Å².